The molecule has 1 atom stereocenters. The minimum atomic E-state index is -0.0686. The van der Waals surface area contributed by atoms with Crippen LogP contribution in [0.4, 0.5) is 0 Å². The number of pyridine rings is 1. The molecular weight excluding hydrogens is 310 g/mol. The Bertz CT molecular complexity index is 904. The second-order valence-electron chi connectivity index (χ2n) is 5.59. The zero-order chi connectivity index (χ0) is 16.4. The normalized spacial score (nSPS) is 12.5. The summed E-state index contributed by atoms with van der Waals surface area (Å²) in [5, 5.41) is 4.10. The summed E-state index contributed by atoms with van der Waals surface area (Å²) < 4.78 is 1.57. The van der Waals surface area contributed by atoms with E-state index in [0.717, 1.165) is 21.8 Å². The number of fused-ring (bicyclic) bond motifs is 1. The first-order valence-corrected chi connectivity index (χ1v) is 7.90. The highest BCUT2D eigenvalue weighted by atomic mass is 35.5. The van der Waals surface area contributed by atoms with E-state index >= 15 is 0 Å². The van der Waals surface area contributed by atoms with Gasteiger partial charge in [0, 0.05) is 29.9 Å². The number of aryl methyl sites for hydroxylation is 1. The van der Waals surface area contributed by atoms with Gasteiger partial charge in [0.2, 0.25) is 0 Å². The molecule has 3 rings (SSSR count). The van der Waals surface area contributed by atoms with Crippen molar-refractivity contribution in [1.82, 2.24) is 14.7 Å². The van der Waals surface area contributed by atoms with Gasteiger partial charge in [-0.2, -0.15) is 0 Å². The molecule has 0 radical (unpaired) electrons. The highest BCUT2D eigenvalue weighted by Gasteiger charge is 2.10. The van der Waals surface area contributed by atoms with Gasteiger partial charge in [-0.25, -0.2) is 4.98 Å². The van der Waals surface area contributed by atoms with E-state index in [9.17, 15) is 4.79 Å². The first-order valence-electron chi connectivity index (χ1n) is 7.52. The standard InChI is InChI=1S/C18H18ClN3O/c1-12-6-5-9-22-17(23)10-14(21-18(12)22)11-20-13(2)15-7-3-4-8-16(15)19/h3-10,13,20H,11H2,1-2H3/t13-/m1/s1. The Kier molecular flexibility index (Phi) is 4.46. The summed E-state index contributed by atoms with van der Waals surface area (Å²) in [5.41, 5.74) is 3.36. The quantitative estimate of drug-likeness (QED) is 0.797. The molecule has 0 saturated carbocycles. The molecule has 0 unspecified atom stereocenters. The van der Waals surface area contributed by atoms with Crippen molar-refractivity contribution in [2.45, 2.75) is 26.4 Å². The fraction of sp³-hybridized carbons (Fsp3) is 0.222. The summed E-state index contributed by atoms with van der Waals surface area (Å²) in [4.78, 5) is 16.8. The number of benzene rings is 1. The number of hydrogen-bond donors (Lipinski definition) is 1. The van der Waals surface area contributed by atoms with Gasteiger partial charge in [-0.1, -0.05) is 35.9 Å². The molecule has 118 valence electrons. The van der Waals surface area contributed by atoms with E-state index in [4.69, 9.17) is 11.6 Å². The van der Waals surface area contributed by atoms with Gasteiger partial charge >= 0.3 is 0 Å². The Labute approximate surface area is 139 Å². The molecule has 23 heavy (non-hydrogen) atoms. The summed E-state index contributed by atoms with van der Waals surface area (Å²) in [6.07, 6.45) is 1.74. The fourth-order valence-electron chi connectivity index (χ4n) is 2.59. The molecule has 0 saturated heterocycles. The van der Waals surface area contributed by atoms with Crippen LogP contribution in [0.15, 0.2) is 53.5 Å². The topological polar surface area (TPSA) is 46.4 Å². The molecule has 5 heteroatoms. The lowest BCUT2D eigenvalue weighted by atomic mass is 10.1. The van der Waals surface area contributed by atoms with Crippen LogP contribution in [0.3, 0.4) is 0 Å². The Balaban J connectivity index is 1.84. The van der Waals surface area contributed by atoms with Crippen LogP contribution in [-0.2, 0) is 6.54 Å². The van der Waals surface area contributed by atoms with Crippen LogP contribution in [0.2, 0.25) is 5.02 Å². The van der Waals surface area contributed by atoms with Crippen LogP contribution < -0.4 is 10.9 Å². The number of halogens is 1. The minimum Gasteiger partial charge on any atom is -0.305 e. The Morgan fingerprint density at radius 1 is 1.26 bits per heavy atom. The molecule has 1 N–H and O–H groups in total. The third-order valence-electron chi connectivity index (χ3n) is 3.90. The molecule has 0 aliphatic rings. The average molecular weight is 328 g/mol. The predicted octanol–water partition coefficient (Wildman–Crippen LogP) is 3.51. The molecule has 0 spiro atoms. The molecule has 4 nitrogen and oxygen atoms in total. The lowest BCUT2D eigenvalue weighted by Crippen LogP contribution is -2.22. The Hall–Kier alpha value is -2.17. The van der Waals surface area contributed by atoms with E-state index in [1.165, 1.54) is 0 Å². The van der Waals surface area contributed by atoms with Crippen LogP contribution in [0, 0.1) is 6.92 Å². The van der Waals surface area contributed by atoms with E-state index < -0.39 is 0 Å². The van der Waals surface area contributed by atoms with E-state index in [1.807, 2.05) is 50.2 Å². The van der Waals surface area contributed by atoms with Gasteiger partial charge < -0.3 is 5.32 Å². The number of rotatable bonds is 4. The van der Waals surface area contributed by atoms with Crippen LogP contribution in [0.25, 0.3) is 5.65 Å². The number of nitrogens with one attached hydrogen (secondary N) is 1. The van der Waals surface area contributed by atoms with Crippen molar-refractivity contribution in [3.05, 3.63) is 80.9 Å². The van der Waals surface area contributed by atoms with Crippen molar-refractivity contribution in [2.75, 3.05) is 0 Å². The molecule has 3 aromatic rings. The monoisotopic (exact) mass is 327 g/mol. The predicted molar refractivity (Wildman–Crippen MR) is 92.9 cm³/mol. The summed E-state index contributed by atoms with van der Waals surface area (Å²) in [5.74, 6) is 0. The summed E-state index contributed by atoms with van der Waals surface area (Å²) in [7, 11) is 0. The number of nitrogens with zero attached hydrogens (tertiary/aromatic N) is 2. The van der Waals surface area contributed by atoms with Crippen molar-refractivity contribution >= 4 is 17.2 Å². The molecule has 0 amide bonds. The van der Waals surface area contributed by atoms with Gasteiger partial charge in [0.05, 0.1) is 5.69 Å². The third kappa shape index (κ3) is 3.28. The van der Waals surface area contributed by atoms with Gasteiger partial charge in [0.1, 0.15) is 5.65 Å². The second kappa shape index (κ2) is 6.52. The molecule has 0 aliphatic carbocycles. The van der Waals surface area contributed by atoms with Gasteiger partial charge in [-0.3, -0.25) is 9.20 Å². The molecule has 0 fully saturated rings. The zero-order valence-corrected chi connectivity index (χ0v) is 13.8. The highest BCUT2D eigenvalue weighted by Crippen LogP contribution is 2.22. The Morgan fingerprint density at radius 2 is 2.04 bits per heavy atom. The van der Waals surface area contributed by atoms with Crippen LogP contribution in [0.1, 0.15) is 29.8 Å². The zero-order valence-electron chi connectivity index (χ0n) is 13.1. The molecule has 2 aromatic heterocycles. The van der Waals surface area contributed by atoms with Crippen LogP contribution in [0.5, 0.6) is 0 Å². The van der Waals surface area contributed by atoms with Gasteiger partial charge in [-0.05, 0) is 37.1 Å². The molecular formula is C18H18ClN3O. The van der Waals surface area contributed by atoms with Crippen molar-refractivity contribution in [1.29, 1.82) is 0 Å². The molecule has 1 aromatic carbocycles. The smallest absolute Gasteiger partial charge is 0.258 e. The summed E-state index contributed by atoms with van der Waals surface area (Å²) >= 11 is 6.22. The molecule has 2 heterocycles. The van der Waals surface area contributed by atoms with Crippen molar-refractivity contribution < 1.29 is 0 Å². The third-order valence-corrected chi connectivity index (χ3v) is 4.24. The molecule has 0 bridgehead atoms. The lowest BCUT2D eigenvalue weighted by molar-refractivity contribution is 0.567. The minimum absolute atomic E-state index is 0.0686. The van der Waals surface area contributed by atoms with E-state index in [-0.39, 0.29) is 11.6 Å². The fourth-order valence-corrected chi connectivity index (χ4v) is 2.89. The summed E-state index contributed by atoms with van der Waals surface area (Å²) in [6, 6.07) is 13.2. The van der Waals surface area contributed by atoms with Crippen molar-refractivity contribution in [2.24, 2.45) is 0 Å². The second-order valence-corrected chi connectivity index (χ2v) is 6.00. The molecule has 0 aliphatic heterocycles. The first kappa shape index (κ1) is 15.7. The average Bonchev–Trinajstić information content (AvgIpc) is 2.54. The van der Waals surface area contributed by atoms with E-state index in [2.05, 4.69) is 10.3 Å². The number of hydrogen-bond acceptors (Lipinski definition) is 3. The van der Waals surface area contributed by atoms with Crippen molar-refractivity contribution in [3.63, 3.8) is 0 Å². The van der Waals surface area contributed by atoms with Crippen LogP contribution >= 0.6 is 11.6 Å². The van der Waals surface area contributed by atoms with Gasteiger partial charge in [0.15, 0.2) is 0 Å². The van der Waals surface area contributed by atoms with E-state index in [0.29, 0.717) is 12.2 Å². The van der Waals surface area contributed by atoms with Gasteiger partial charge in [0.25, 0.3) is 5.56 Å². The number of aromatic nitrogens is 2. The van der Waals surface area contributed by atoms with Gasteiger partial charge in [-0.15, -0.1) is 0 Å². The maximum atomic E-state index is 12.2. The largest absolute Gasteiger partial charge is 0.305 e. The SMILES string of the molecule is Cc1cccn2c(=O)cc(CN[C@H](C)c3ccccc3Cl)nc12. The van der Waals surface area contributed by atoms with Crippen LogP contribution in [-0.4, -0.2) is 9.38 Å². The maximum absolute atomic E-state index is 12.2. The van der Waals surface area contributed by atoms with E-state index in [1.54, 1.807) is 16.7 Å². The van der Waals surface area contributed by atoms with Crippen molar-refractivity contribution in [3.8, 4) is 0 Å². The summed E-state index contributed by atoms with van der Waals surface area (Å²) in [6.45, 7) is 4.50. The maximum Gasteiger partial charge on any atom is 0.258 e. The first-order chi connectivity index (χ1) is 11.1. The lowest BCUT2D eigenvalue weighted by Gasteiger charge is -2.15. The Morgan fingerprint density at radius 3 is 2.83 bits per heavy atom. The highest BCUT2D eigenvalue weighted by molar-refractivity contribution is 6.31.